The third kappa shape index (κ3) is 9.85. The second-order valence-corrected chi connectivity index (χ2v) is 13.4. The van der Waals surface area contributed by atoms with Crippen molar-refractivity contribution in [1.82, 2.24) is 35.6 Å². The van der Waals surface area contributed by atoms with E-state index in [4.69, 9.17) is 4.74 Å². The molecule has 4 amide bonds. The molecule has 0 atom stereocenters. The number of carbonyl (C=O) groups excluding carboxylic acids is 4. The minimum Gasteiger partial charge on any atom is -0.378 e. The molecule has 3 heterocycles. The molecule has 6 rings (SSSR count). The summed E-state index contributed by atoms with van der Waals surface area (Å²) in [5, 5.41) is 16.4. The quantitative estimate of drug-likeness (QED) is 0.124. The van der Waals surface area contributed by atoms with Crippen LogP contribution in [0.5, 0.6) is 0 Å². The maximum absolute atomic E-state index is 14.9. The number of halogens is 1. The monoisotopic (exact) mass is 762 g/mol. The van der Waals surface area contributed by atoms with E-state index in [1.165, 1.54) is 24.0 Å². The topological polar surface area (TPSA) is 179 Å². The molecular weight excluding hydrogens is 719 g/mol. The van der Waals surface area contributed by atoms with Crippen LogP contribution in [0.4, 0.5) is 10.1 Å². The summed E-state index contributed by atoms with van der Waals surface area (Å²) in [4.78, 5) is 70.6. The number of amides is 4. The summed E-state index contributed by atoms with van der Waals surface area (Å²) in [7, 11) is 0. The number of H-pyrrole nitrogens is 1. The van der Waals surface area contributed by atoms with Crippen LogP contribution in [-0.2, 0) is 20.7 Å². The first-order valence-electron chi connectivity index (χ1n) is 18.3. The van der Waals surface area contributed by atoms with Gasteiger partial charge in [0.25, 0.3) is 17.4 Å². The summed E-state index contributed by atoms with van der Waals surface area (Å²) in [6, 6.07) is 21.0. The first-order chi connectivity index (χ1) is 27.1. The predicted octanol–water partition coefficient (Wildman–Crippen LogP) is 3.30. The standard InChI is InChI=1S/C41H43FN8O6/c1-26-6-5-7-29(20-26)30-23-36(46-27(2)51)38(45-24-30)40(54)44-13-19-56-18-12-43-25-37(52)49-14-16-50(17-15-49)41(55)33-21-28(10-11-34(33)42)22-35-31-8-3-4-9-32(31)39(53)48-47-35/h3-11,20-21,23-24,43H,12-19,22,25H2,1-2H3,(H,44,54)(H,46,51)(H,48,53). The number of hydrogen-bond acceptors (Lipinski definition) is 9. The minimum atomic E-state index is -0.637. The molecule has 0 saturated carbocycles. The van der Waals surface area contributed by atoms with Gasteiger partial charge in [-0.2, -0.15) is 5.10 Å². The number of ether oxygens (including phenoxy) is 1. The zero-order chi connectivity index (χ0) is 39.6. The molecule has 1 aliphatic heterocycles. The van der Waals surface area contributed by atoms with Gasteiger partial charge >= 0.3 is 0 Å². The summed E-state index contributed by atoms with van der Waals surface area (Å²) < 4.78 is 20.5. The van der Waals surface area contributed by atoms with Gasteiger partial charge in [-0.25, -0.2) is 14.5 Å². The van der Waals surface area contributed by atoms with E-state index in [-0.39, 0.29) is 61.4 Å². The Balaban J connectivity index is 0.896. The largest absolute Gasteiger partial charge is 0.378 e. The number of carbonyl (C=O) groups is 4. The van der Waals surface area contributed by atoms with E-state index in [0.29, 0.717) is 60.4 Å². The molecule has 0 bridgehead atoms. The lowest BCUT2D eigenvalue weighted by atomic mass is 10.0. The molecule has 15 heteroatoms. The fourth-order valence-electron chi connectivity index (χ4n) is 6.46. The Morgan fingerprint density at radius 1 is 0.875 bits per heavy atom. The summed E-state index contributed by atoms with van der Waals surface area (Å²) in [5.74, 6) is -2.00. The van der Waals surface area contributed by atoms with Crippen LogP contribution < -0.4 is 21.5 Å². The van der Waals surface area contributed by atoms with Gasteiger partial charge in [0, 0.05) is 69.8 Å². The van der Waals surface area contributed by atoms with Crippen molar-refractivity contribution >= 4 is 40.1 Å². The normalized spacial score (nSPS) is 12.8. The van der Waals surface area contributed by atoms with E-state index in [9.17, 15) is 28.4 Å². The van der Waals surface area contributed by atoms with Crippen LogP contribution in [0, 0.1) is 12.7 Å². The van der Waals surface area contributed by atoms with E-state index < -0.39 is 17.6 Å². The van der Waals surface area contributed by atoms with Crippen molar-refractivity contribution in [1.29, 1.82) is 0 Å². The van der Waals surface area contributed by atoms with Crippen molar-refractivity contribution in [2.24, 2.45) is 0 Å². The number of aryl methyl sites for hydroxylation is 1. The summed E-state index contributed by atoms with van der Waals surface area (Å²) >= 11 is 0. The number of hydrogen-bond donors (Lipinski definition) is 4. The number of anilines is 1. The Morgan fingerprint density at radius 2 is 1.62 bits per heavy atom. The van der Waals surface area contributed by atoms with Crippen LogP contribution in [0.3, 0.4) is 0 Å². The van der Waals surface area contributed by atoms with Crippen molar-refractivity contribution in [3.8, 4) is 11.1 Å². The molecule has 3 aromatic carbocycles. The predicted molar refractivity (Wildman–Crippen MR) is 209 cm³/mol. The Kier molecular flexibility index (Phi) is 12.9. The van der Waals surface area contributed by atoms with Gasteiger partial charge in [-0.3, -0.25) is 24.0 Å². The number of nitrogens with one attached hydrogen (secondary N) is 4. The Morgan fingerprint density at radius 3 is 2.39 bits per heavy atom. The van der Waals surface area contributed by atoms with Gasteiger partial charge in [0.15, 0.2) is 5.69 Å². The lowest BCUT2D eigenvalue weighted by molar-refractivity contribution is -0.131. The Hall–Kier alpha value is -6.32. The SMILES string of the molecule is CC(=O)Nc1cc(-c2cccc(C)c2)cnc1C(=O)NCCOCCNCC(=O)N1CCN(C(=O)c2cc(Cc3n[nH]c(=O)c4ccccc34)ccc2F)CC1. The molecule has 56 heavy (non-hydrogen) atoms. The number of rotatable bonds is 14. The van der Waals surface area contributed by atoms with Gasteiger partial charge in [-0.15, -0.1) is 0 Å². The number of piperazine rings is 1. The number of pyridine rings is 1. The molecule has 0 aliphatic carbocycles. The smallest absolute Gasteiger partial charge is 0.272 e. The number of fused-ring (bicyclic) bond motifs is 1. The van der Waals surface area contributed by atoms with Crippen molar-refractivity contribution in [3.05, 3.63) is 123 Å². The van der Waals surface area contributed by atoms with Crippen LogP contribution in [-0.4, -0.2) is 108 Å². The minimum absolute atomic E-state index is 0.0591. The number of nitrogens with zero attached hydrogens (tertiary/aromatic N) is 4. The highest BCUT2D eigenvalue weighted by Gasteiger charge is 2.26. The molecule has 2 aromatic heterocycles. The van der Waals surface area contributed by atoms with Crippen molar-refractivity contribution in [3.63, 3.8) is 0 Å². The third-order valence-electron chi connectivity index (χ3n) is 9.32. The highest BCUT2D eigenvalue weighted by atomic mass is 19.1. The van der Waals surface area contributed by atoms with Crippen LogP contribution in [0.15, 0.2) is 83.8 Å². The molecular formula is C41H43FN8O6. The maximum Gasteiger partial charge on any atom is 0.272 e. The third-order valence-corrected chi connectivity index (χ3v) is 9.32. The van der Waals surface area contributed by atoms with E-state index in [1.54, 1.807) is 41.4 Å². The average molecular weight is 763 g/mol. The average Bonchev–Trinajstić information content (AvgIpc) is 3.20. The summed E-state index contributed by atoms with van der Waals surface area (Å²) in [5.41, 5.74) is 4.08. The van der Waals surface area contributed by atoms with Crippen molar-refractivity contribution < 1.29 is 28.3 Å². The molecule has 290 valence electrons. The molecule has 1 saturated heterocycles. The van der Waals surface area contributed by atoms with Crippen LogP contribution in [0.1, 0.15) is 44.6 Å². The molecule has 0 radical (unpaired) electrons. The molecule has 4 N–H and O–H groups in total. The second kappa shape index (κ2) is 18.3. The van der Waals surface area contributed by atoms with Crippen LogP contribution >= 0.6 is 0 Å². The highest BCUT2D eigenvalue weighted by Crippen LogP contribution is 2.25. The summed E-state index contributed by atoms with van der Waals surface area (Å²) in [6.45, 7) is 5.68. The number of benzene rings is 3. The summed E-state index contributed by atoms with van der Waals surface area (Å²) in [6.07, 6.45) is 1.89. The number of aromatic amines is 1. The van der Waals surface area contributed by atoms with Crippen molar-refractivity contribution in [2.45, 2.75) is 20.3 Å². The van der Waals surface area contributed by atoms with E-state index in [2.05, 4.69) is 31.1 Å². The van der Waals surface area contributed by atoms with Gasteiger partial charge in [0.2, 0.25) is 11.8 Å². The fourth-order valence-corrected chi connectivity index (χ4v) is 6.46. The molecule has 1 fully saturated rings. The van der Waals surface area contributed by atoms with E-state index >= 15 is 0 Å². The lowest BCUT2D eigenvalue weighted by Gasteiger charge is -2.35. The van der Waals surface area contributed by atoms with Crippen LogP contribution in [0.25, 0.3) is 21.9 Å². The maximum atomic E-state index is 14.9. The zero-order valence-electron chi connectivity index (χ0n) is 31.2. The van der Waals surface area contributed by atoms with E-state index in [0.717, 1.165) is 16.7 Å². The number of aromatic nitrogens is 3. The van der Waals surface area contributed by atoms with Gasteiger partial charge in [0.1, 0.15) is 5.82 Å². The van der Waals surface area contributed by atoms with E-state index in [1.807, 2.05) is 37.3 Å². The lowest BCUT2D eigenvalue weighted by Crippen LogP contribution is -2.52. The molecule has 14 nitrogen and oxygen atoms in total. The molecule has 1 aliphatic rings. The first kappa shape index (κ1) is 39.4. The van der Waals surface area contributed by atoms with Gasteiger partial charge in [-0.05, 0) is 42.3 Å². The highest BCUT2D eigenvalue weighted by molar-refractivity contribution is 6.02. The fraction of sp³-hybridized carbons (Fsp3) is 0.293. The van der Waals surface area contributed by atoms with Crippen LogP contribution in [0.2, 0.25) is 0 Å². The Labute approximate surface area is 322 Å². The van der Waals surface area contributed by atoms with Crippen molar-refractivity contribution in [2.75, 3.05) is 64.3 Å². The molecule has 0 spiro atoms. The molecule has 5 aromatic rings. The van der Waals surface area contributed by atoms with Gasteiger partial charge in [0.05, 0.1) is 42.1 Å². The Bertz CT molecular complexity index is 2310. The van der Waals surface area contributed by atoms with Gasteiger partial charge < -0.3 is 30.5 Å². The second-order valence-electron chi connectivity index (χ2n) is 13.4. The zero-order valence-corrected chi connectivity index (χ0v) is 31.2. The first-order valence-corrected chi connectivity index (χ1v) is 18.3. The van der Waals surface area contributed by atoms with Gasteiger partial charge in [-0.1, -0.05) is 54.1 Å². The molecule has 0 unspecified atom stereocenters.